The fourth-order valence-corrected chi connectivity index (χ4v) is 2.26. The summed E-state index contributed by atoms with van der Waals surface area (Å²) in [6.45, 7) is 0.477. The minimum atomic E-state index is -1.65. The summed E-state index contributed by atoms with van der Waals surface area (Å²) in [5.41, 5.74) is 0. The normalized spacial score (nSPS) is 24.6. The molecule has 2 unspecified atom stereocenters. The van der Waals surface area contributed by atoms with E-state index < -0.39 is 11.4 Å². The number of halogens is 2. The van der Waals surface area contributed by atoms with Gasteiger partial charge in [-0.1, -0.05) is 23.2 Å². The van der Waals surface area contributed by atoms with Gasteiger partial charge in [-0.25, -0.2) is 0 Å². The summed E-state index contributed by atoms with van der Waals surface area (Å²) in [6.07, 6.45) is -0.340. The lowest BCUT2D eigenvalue weighted by Gasteiger charge is -2.10. The van der Waals surface area contributed by atoms with Gasteiger partial charge >= 0.3 is 11.4 Å². The summed E-state index contributed by atoms with van der Waals surface area (Å²) < 4.78 is 25.8. The van der Waals surface area contributed by atoms with Gasteiger partial charge in [0.25, 0.3) is 0 Å². The van der Waals surface area contributed by atoms with Crippen molar-refractivity contribution in [3.63, 3.8) is 0 Å². The molecule has 0 N–H and O–H groups in total. The lowest BCUT2D eigenvalue weighted by Crippen LogP contribution is -2.19. The summed E-state index contributed by atoms with van der Waals surface area (Å²) in [5, 5.41) is 0.964. The minimum Gasteiger partial charge on any atom is -0.489 e. The van der Waals surface area contributed by atoms with Gasteiger partial charge in [0.1, 0.15) is 18.5 Å². The summed E-state index contributed by atoms with van der Waals surface area (Å²) >= 11 is 9.99. The maximum absolute atomic E-state index is 10.7. The van der Waals surface area contributed by atoms with Gasteiger partial charge in [0.2, 0.25) is 0 Å². The smallest absolute Gasteiger partial charge is 0.305 e. The molecule has 1 heterocycles. The number of rotatable bonds is 3. The molecule has 0 spiro atoms. The van der Waals surface area contributed by atoms with Gasteiger partial charge in [0.05, 0.1) is 11.6 Å². The molecule has 0 aliphatic carbocycles. The lowest BCUT2D eigenvalue weighted by molar-refractivity contribution is 0.151. The Labute approximate surface area is 105 Å². The summed E-state index contributed by atoms with van der Waals surface area (Å²) in [7, 11) is 0. The van der Waals surface area contributed by atoms with Crippen molar-refractivity contribution in [2.45, 2.75) is 6.10 Å². The van der Waals surface area contributed by atoms with Crippen molar-refractivity contribution in [2.24, 2.45) is 0 Å². The number of benzene rings is 1. The van der Waals surface area contributed by atoms with Crippen LogP contribution in [0.4, 0.5) is 0 Å². The van der Waals surface area contributed by atoms with Crippen LogP contribution in [-0.4, -0.2) is 23.5 Å². The van der Waals surface area contributed by atoms with Crippen molar-refractivity contribution in [2.75, 3.05) is 13.2 Å². The Morgan fingerprint density at radius 3 is 2.94 bits per heavy atom. The molecule has 0 amide bonds. The van der Waals surface area contributed by atoms with Crippen LogP contribution < -0.4 is 4.74 Å². The molecule has 1 aliphatic rings. The van der Waals surface area contributed by atoms with Gasteiger partial charge in [-0.2, -0.15) is 4.21 Å². The Kier molecular flexibility index (Phi) is 4.05. The molecule has 88 valence electrons. The molecular weight excluding hydrogens is 275 g/mol. The molecule has 1 aromatic rings. The number of ether oxygens (including phenoxy) is 1. The molecule has 2 atom stereocenters. The molecule has 1 aromatic carbocycles. The van der Waals surface area contributed by atoms with E-state index in [2.05, 4.69) is 0 Å². The maximum atomic E-state index is 10.7. The minimum absolute atomic E-state index is 0.229. The summed E-state index contributed by atoms with van der Waals surface area (Å²) in [5.74, 6) is 0.507. The highest BCUT2D eigenvalue weighted by atomic mass is 35.5. The largest absolute Gasteiger partial charge is 0.489 e. The van der Waals surface area contributed by atoms with Crippen LogP contribution in [0.3, 0.4) is 0 Å². The van der Waals surface area contributed by atoms with Crippen molar-refractivity contribution in [3.05, 3.63) is 28.2 Å². The van der Waals surface area contributed by atoms with Gasteiger partial charge in [-0.15, -0.1) is 0 Å². The Hall–Kier alpha value is -0.330. The third-order valence-electron chi connectivity index (χ3n) is 1.88. The van der Waals surface area contributed by atoms with Crippen LogP contribution in [0.2, 0.25) is 10.0 Å². The second-order valence-corrected chi connectivity index (χ2v) is 4.77. The molecule has 7 heteroatoms. The van der Waals surface area contributed by atoms with Crippen LogP contribution in [0.25, 0.3) is 0 Å². The molecule has 1 aliphatic heterocycles. The molecule has 1 saturated heterocycles. The van der Waals surface area contributed by atoms with E-state index in [1.807, 2.05) is 0 Å². The van der Waals surface area contributed by atoms with Crippen LogP contribution >= 0.6 is 23.2 Å². The first kappa shape index (κ1) is 12.1. The monoisotopic (exact) mass is 282 g/mol. The van der Waals surface area contributed by atoms with Gasteiger partial charge in [0, 0.05) is 5.02 Å². The zero-order valence-electron chi connectivity index (χ0n) is 8.02. The van der Waals surface area contributed by atoms with Crippen molar-refractivity contribution in [1.29, 1.82) is 0 Å². The lowest BCUT2D eigenvalue weighted by atomic mass is 10.3. The fourth-order valence-electron chi connectivity index (χ4n) is 1.15. The topological polar surface area (TPSA) is 44.8 Å². The third-order valence-corrected chi connectivity index (χ3v) is 3.17. The van der Waals surface area contributed by atoms with Crippen LogP contribution in [0.5, 0.6) is 5.75 Å². The molecule has 1 fully saturated rings. The van der Waals surface area contributed by atoms with Crippen LogP contribution in [0.1, 0.15) is 0 Å². The zero-order chi connectivity index (χ0) is 11.5. The molecule has 0 saturated carbocycles. The van der Waals surface area contributed by atoms with Gasteiger partial charge in [-0.3, -0.25) is 8.37 Å². The van der Waals surface area contributed by atoms with Crippen LogP contribution in [0.15, 0.2) is 18.2 Å². The van der Waals surface area contributed by atoms with E-state index in [9.17, 15) is 4.21 Å². The van der Waals surface area contributed by atoms with Crippen molar-refractivity contribution >= 4 is 34.6 Å². The highest BCUT2D eigenvalue weighted by molar-refractivity contribution is 7.75. The predicted molar refractivity (Wildman–Crippen MR) is 60.9 cm³/mol. The van der Waals surface area contributed by atoms with E-state index in [1.54, 1.807) is 18.2 Å². The van der Waals surface area contributed by atoms with E-state index >= 15 is 0 Å². The average Bonchev–Trinajstić information content (AvgIpc) is 2.63. The van der Waals surface area contributed by atoms with E-state index in [0.29, 0.717) is 15.8 Å². The SMILES string of the molecule is O=S1OCC(COc2ccc(Cl)cc2Cl)O1. The standard InChI is InChI=1S/C9H8Cl2O4S/c10-6-1-2-9(8(11)3-6)13-4-7-5-14-16(12)15-7/h1-3,7H,4-5H2. The zero-order valence-corrected chi connectivity index (χ0v) is 10.3. The Morgan fingerprint density at radius 1 is 1.50 bits per heavy atom. The van der Waals surface area contributed by atoms with E-state index in [4.69, 9.17) is 36.3 Å². The van der Waals surface area contributed by atoms with Crippen molar-refractivity contribution < 1.29 is 17.3 Å². The fraction of sp³-hybridized carbons (Fsp3) is 0.333. The molecule has 2 rings (SSSR count). The second kappa shape index (κ2) is 5.33. The predicted octanol–water partition coefficient (Wildman–Crippen LogP) is 2.37. The molecule has 0 radical (unpaired) electrons. The highest BCUT2D eigenvalue weighted by Gasteiger charge is 2.24. The van der Waals surface area contributed by atoms with Crippen molar-refractivity contribution in [3.8, 4) is 5.75 Å². The maximum Gasteiger partial charge on any atom is 0.305 e. The first-order valence-electron chi connectivity index (χ1n) is 4.45. The van der Waals surface area contributed by atoms with Gasteiger partial charge < -0.3 is 4.74 Å². The molecule has 4 nitrogen and oxygen atoms in total. The van der Waals surface area contributed by atoms with Crippen LogP contribution in [-0.2, 0) is 19.7 Å². The molecule has 0 aromatic heterocycles. The van der Waals surface area contributed by atoms with E-state index in [0.717, 1.165) is 0 Å². The highest BCUT2D eigenvalue weighted by Crippen LogP contribution is 2.27. The Balaban J connectivity index is 1.92. The Morgan fingerprint density at radius 2 is 2.31 bits per heavy atom. The Bertz CT molecular complexity index is 412. The average molecular weight is 283 g/mol. The molecule has 0 bridgehead atoms. The third kappa shape index (κ3) is 3.09. The van der Waals surface area contributed by atoms with E-state index in [1.165, 1.54) is 0 Å². The summed E-state index contributed by atoms with van der Waals surface area (Å²) in [6, 6.07) is 4.92. The summed E-state index contributed by atoms with van der Waals surface area (Å²) in [4.78, 5) is 0. The second-order valence-electron chi connectivity index (χ2n) is 3.09. The van der Waals surface area contributed by atoms with E-state index in [-0.39, 0.29) is 19.3 Å². The molecular formula is C9H8Cl2O4S. The quantitative estimate of drug-likeness (QED) is 0.854. The molecule has 16 heavy (non-hydrogen) atoms. The number of hydrogen-bond acceptors (Lipinski definition) is 4. The van der Waals surface area contributed by atoms with Gasteiger partial charge in [-0.05, 0) is 18.2 Å². The number of hydrogen-bond donors (Lipinski definition) is 0. The van der Waals surface area contributed by atoms with Crippen molar-refractivity contribution in [1.82, 2.24) is 0 Å². The first-order chi connectivity index (χ1) is 7.65. The van der Waals surface area contributed by atoms with Gasteiger partial charge in [0.15, 0.2) is 0 Å². The first-order valence-corrected chi connectivity index (χ1v) is 6.21. The van der Waals surface area contributed by atoms with Crippen LogP contribution in [0, 0.1) is 0 Å².